The average Bonchev–Trinajstić information content (AvgIpc) is 3.31. The molecule has 0 fully saturated rings. The van der Waals surface area contributed by atoms with E-state index in [1.807, 2.05) is 0 Å². The molecule has 1 N–H and O–H groups in total. The number of carboxylic acids is 1. The fraction of sp³-hybridized carbons (Fsp3) is 0.458. The molecule has 0 aromatic heterocycles. The maximum absolute atomic E-state index is 10.7. The second-order valence-electron chi connectivity index (χ2n) is 9.31. The fourth-order valence-corrected chi connectivity index (χ4v) is 8.03. The molecule has 0 saturated heterocycles. The normalized spacial score (nSPS) is 17.5. The number of aliphatic carboxylic acids is 1. The highest BCUT2D eigenvalue weighted by Crippen LogP contribution is 2.32. The Labute approximate surface area is 178 Å². The SMILES string of the molecule is C[Si]1(C)c2cc3c(cc2N=c2cc4c(cc21)=NCC4)CCN3CCCCCC(=O)O. The third-order valence-electron chi connectivity index (χ3n) is 6.96. The van der Waals surface area contributed by atoms with Crippen LogP contribution < -0.4 is 26.0 Å². The van der Waals surface area contributed by atoms with Gasteiger partial charge in [0.2, 0.25) is 0 Å². The lowest BCUT2D eigenvalue weighted by atomic mass is 10.1. The Hall–Kier alpha value is -2.47. The Morgan fingerprint density at radius 1 is 1.03 bits per heavy atom. The van der Waals surface area contributed by atoms with Crippen LogP contribution in [0, 0.1) is 0 Å². The van der Waals surface area contributed by atoms with Crippen molar-refractivity contribution in [3.8, 4) is 0 Å². The Bertz CT molecular complexity index is 1160. The third kappa shape index (κ3) is 3.27. The van der Waals surface area contributed by atoms with Crippen molar-refractivity contribution in [3.05, 3.63) is 46.1 Å². The molecule has 156 valence electrons. The van der Waals surface area contributed by atoms with Gasteiger partial charge >= 0.3 is 5.97 Å². The van der Waals surface area contributed by atoms with E-state index in [1.165, 1.54) is 43.6 Å². The van der Waals surface area contributed by atoms with Gasteiger partial charge in [0.15, 0.2) is 0 Å². The third-order valence-corrected chi connectivity index (χ3v) is 10.4. The Balaban J connectivity index is 1.45. The maximum Gasteiger partial charge on any atom is 0.303 e. The molecule has 0 amide bonds. The molecule has 0 unspecified atom stereocenters. The van der Waals surface area contributed by atoms with Crippen molar-refractivity contribution < 1.29 is 9.90 Å². The zero-order valence-electron chi connectivity index (χ0n) is 17.9. The molecule has 5 nitrogen and oxygen atoms in total. The van der Waals surface area contributed by atoms with E-state index in [1.54, 1.807) is 0 Å². The van der Waals surface area contributed by atoms with Crippen LogP contribution >= 0.6 is 0 Å². The summed E-state index contributed by atoms with van der Waals surface area (Å²) in [4.78, 5) is 23.0. The van der Waals surface area contributed by atoms with E-state index in [0.29, 0.717) is 0 Å². The van der Waals surface area contributed by atoms with Gasteiger partial charge in [-0.2, -0.15) is 0 Å². The highest BCUT2D eigenvalue weighted by atomic mass is 28.3. The molecule has 5 rings (SSSR count). The van der Waals surface area contributed by atoms with Crippen molar-refractivity contribution >= 4 is 35.8 Å². The van der Waals surface area contributed by atoms with Gasteiger partial charge in [-0.1, -0.05) is 19.5 Å². The van der Waals surface area contributed by atoms with E-state index in [9.17, 15) is 4.79 Å². The summed E-state index contributed by atoms with van der Waals surface area (Å²) >= 11 is 0. The predicted octanol–water partition coefficient (Wildman–Crippen LogP) is 1.96. The van der Waals surface area contributed by atoms with Gasteiger partial charge in [-0.15, -0.1) is 0 Å². The summed E-state index contributed by atoms with van der Waals surface area (Å²) in [7, 11) is -1.85. The highest BCUT2D eigenvalue weighted by Gasteiger charge is 2.35. The number of hydrogen-bond acceptors (Lipinski definition) is 4. The second-order valence-corrected chi connectivity index (χ2v) is 13.6. The van der Waals surface area contributed by atoms with Gasteiger partial charge in [0.1, 0.15) is 8.07 Å². The van der Waals surface area contributed by atoms with Crippen molar-refractivity contribution in [1.29, 1.82) is 0 Å². The molecule has 30 heavy (non-hydrogen) atoms. The molecule has 2 aromatic rings. The van der Waals surface area contributed by atoms with Gasteiger partial charge in [-0.25, -0.2) is 4.99 Å². The predicted molar refractivity (Wildman–Crippen MR) is 122 cm³/mol. The summed E-state index contributed by atoms with van der Waals surface area (Å²) < 4.78 is 0. The van der Waals surface area contributed by atoms with Crippen molar-refractivity contribution in [2.24, 2.45) is 9.98 Å². The van der Waals surface area contributed by atoms with E-state index in [-0.39, 0.29) is 6.42 Å². The number of carboxylic acid groups (broad SMARTS) is 1. The fourth-order valence-electron chi connectivity index (χ4n) is 5.20. The van der Waals surface area contributed by atoms with E-state index in [4.69, 9.17) is 15.1 Å². The summed E-state index contributed by atoms with van der Waals surface area (Å²) in [6.07, 6.45) is 5.18. The van der Waals surface area contributed by atoms with Crippen LogP contribution in [0.25, 0.3) is 0 Å². The number of benzene rings is 2. The summed E-state index contributed by atoms with van der Waals surface area (Å²) in [6.45, 7) is 7.85. The summed E-state index contributed by atoms with van der Waals surface area (Å²) in [5.41, 5.74) is 5.31. The van der Waals surface area contributed by atoms with Crippen molar-refractivity contribution in [3.63, 3.8) is 0 Å². The Morgan fingerprint density at radius 2 is 1.90 bits per heavy atom. The smallest absolute Gasteiger partial charge is 0.303 e. The number of anilines is 1. The van der Waals surface area contributed by atoms with Crippen LogP contribution in [0.5, 0.6) is 0 Å². The van der Waals surface area contributed by atoms with E-state index in [2.05, 4.69) is 42.3 Å². The maximum atomic E-state index is 10.7. The molecule has 0 bridgehead atoms. The zero-order valence-corrected chi connectivity index (χ0v) is 18.9. The highest BCUT2D eigenvalue weighted by molar-refractivity contribution is 7.01. The molecular formula is C24H29N3O2Si. The van der Waals surface area contributed by atoms with E-state index >= 15 is 0 Å². The first-order valence-electron chi connectivity index (χ1n) is 11.1. The van der Waals surface area contributed by atoms with Gasteiger partial charge in [0.25, 0.3) is 0 Å². The monoisotopic (exact) mass is 419 g/mol. The van der Waals surface area contributed by atoms with E-state index in [0.717, 1.165) is 51.7 Å². The standard InChI is InChI=1S/C24H29N3O2Si/c1-30(2)22-14-18-16(7-9-25-18)12-19(22)26-20-13-17-8-11-27(21(17)15-23(20)30)10-5-3-4-6-24(28)29/h12-15H,3-11H2,1-2H3,(H,28,29). The quantitative estimate of drug-likeness (QED) is 0.575. The minimum atomic E-state index is -1.85. The van der Waals surface area contributed by atoms with Crippen LogP contribution in [0.4, 0.5) is 11.4 Å². The topological polar surface area (TPSA) is 65.3 Å². The lowest BCUT2D eigenvalue weighted by molar-refractivity contribution is -0.137. The molecule has 0 saturated carbocycles. The number of carbonyl (C=O) groups is 1. The Kier molecular flexibility index (Phi) is 4.77. The first-order valence-corrected chi connectivity index (χ1v) is 14.1. The second kappa shape index (κ2) is 7.34. The van der Waals surface area contributed by atoms with Crippen LogP contribution in [-0.2, 0) is 17.6 Å². The van der Waals surface area contributed by atoms with Gasteiger partial charge in [-0.3, -0.25) is 9.79 Å². The molecule has 0 aliphatic carbocycles. The van der Waals surface area contributed by atoms with Gasteiger partial charge in [0.05, 0.1) is 16.4 Å². The van der Waals surface area contributed by atoms with Gasteiger partial charge < -0.3 is 10.0 Å². The zero-order chi connectivity index (χ0) is 20.9. The number of fused-ring (bicyclic) bond motifs is 4. The number of hydrogen-bond donors (Lipinski definition) is 1. The minimum absolute atomic E-state index is 0.279. The lowest BCUT2D eigenvalue weighted by Gasteiger charge is -2.30. The average molecular weight is 420 g/mol. The van der Waals surface area contributed by atoms with Crippen molar-refractivity contribution in [1.82, 2.24) is 0 Å². The summed E-state index contributed by atoms with van der Waals surface area (Å²) in [5.74, 6) is -0.692. The Morgan fingerprint density at radius 3 is 2.73 bits per heavy atom. The number of unbranched alkanes of at least 4 members (excludes halogenated alkanes) is 2. The molecule has 3 aliphatic rings. The van der Waals surface area contributed by atoms with Crippen LogP contribution in [-0.4, -0.2) is 38.8 Å². The molecule has 0 radical (unpaired) electrons. The lowest BCUT2D eigenvalue weighted by Crippen LogP contribution is -2.61. The van der Waals surface area contributed by atoms with Crippen molar-refractivity contribution in [2.45, 2.75) is 51.6 Å². The van der Waals surface area contributed by atoms with Gasteiger partial charge in [-0.05, 0) is 71.4 Å². The van der Waals surface area contributed by atoms with Crippen LogP contribution in [0.2, 0.25) is 13.1 Å². The number of nitrogens with zero attached hydrogens (tertiary/aromatic N) is 3. The van der Waals surface area contributed by atoms with Crippen LogP contribution in [0.1, 0.15) is 36.8 Å². The van der Waals surface area contributed by atoms with Gasteiger partial charge in [0, 0.05) is 31.7 Å². The summed E-state index contributed by atoms with van der Waals surface area (Å²) in [6, 6.07) is 9.38. The molecular weight excluding hydrogens is 390 g/mol. The largest absolute Gasteiger partial charge is 0.481 e. The van der Waals surface area contributed by atoms with Crippen molar-refractivity contribution in [2.75, 3.05) is 24.5 Å². The van der Waals surface area contributed by atoms with E-state index < -0.39 is 14.0 Å². The summed E-state index contributed by atoms with van der Waals surface area (Å²) in [5, 5.41) is 14.0. The minimum Gasteiger partial charge on any atom is -0.481 e. The van der Waals surface area contributed by atoms with Crippen LogP contribution in [0.3, 0.4) is 0 Å². The van der Waals surface area contributed by atoms with Crippen LogP contribution in [0.15, 0.2) is 34.3 Å². The molecule has 3 aliphatic heterocycles. The molecule has 6 heteroatoms. The first-order chi connectivity index (χ1) is 14.4. The number of rotatable bonds is 6. The molecule has 3 heterocycles. The molecule has 0 spiro atoms. The molecule has 2 aromatic carbocycles. The molecule has 0 atom stereocenters. The first kappa shape index (κ1) is 19.5.